The molecule has 4 rings (SSSR count). The van der Waals surface area contributed by atoms with Crippen molar-refractivity contribution in [2.45, 2.75) is 26.2 Å². The quantitative estimate of drug-likeness (QED) is 0.617. The van der Waals surface area contributed by atoms with Crippen LogP contribution in [0.4, 0.5) is 11.8 Å². The Morgan fingerprint density at radius 3 is 2.25 bits per heavy atom. The molecule has 2 saturated heterocycles. The number of aromatic nitrogens is 2. The van der Waals surface area contributed by atoms with Crippen molar-refractivity contribution in [1.29, 1.82) is 0 Å². The maximum Gasteiger partial charge on any atom is 0.253 e. The SMILES string of the molecule is Cc1cc(N2CCN(C(=O)c3ccc(I)cc3)CC2)nc(N2CCCCC2)n1. The normalized spacial score (nSPS) is 17.7. The van der Waals surface area contributed by atoms with Gasteiger partial charge in [0.2, 0.25) is 5.95 Å². The molecule has 6 nitrogen and oxygen atoms in total. The zero-order valence-corrected chi connectivity index (χ0v) is 18.4. The number of piperidine rings is 1. The maximum atomic E-state index is 12.7. The lowest BCUT2D eigenvalue weighted by atomic mass is 10.1. The van der Waals surface area contributed by atoms with E-state index in [0.717, 1.165) is 52.8 Å². The van der Waals surface area contributed by atoms with Crippen LogP contribution in [0.3, 0.4) is 0 Å². The van der Waals surface area contributed by atoms with Crippen LogP contribution in [0.25, 0.3) is 0 Å². The Kier molecular flexibility index (Phi) is 5.99. The van der Waals surface area contributed by atoms with E-state index in [4.69, 9.17) is 4.98 Å². The van der Waals surface area contributed by atoms with Gasteiger partial charge in [0, 0.05) is 60.2 Å². The van der Waals surface area contributed by atoms with E-state index in [-0.39, 0.29) is 5.91 Å². The largest absolute Gasteiger partial charge is 0.353 e. The van der Waals surface area contributed by atoms with Gasteiger partial charge < -0.3 is 14.7 Å². The Morgan fingerprint density at radius 1 is 0.893 bits per heavy atom. The van der Waals surface area contributed by atoms with E-state index >= 15 is 0 Å². The molecule has 7 heteroatoms. The molecule has 0 spiro atoms. The molecule has 0 N–H and O–H groups in total. The number of carbonyl (C=O) groups excluding carboxylic acids is 1. The third-order valence-electron chi connectivity index (χ3n) is 5.45. The van der Waals surface area contributed by atoms with E-state index in [0.29, 0.717) is 13.1 Å². The van der Waals surface area contributed by atoms with E-state index in [1.54, 1.807) is 0 Å². The van der Waals surface area contributed by atoms with Crippen LogP contribution >= 0.6 is 22.6 Å². The number of halogens is 1. The van der Waals surface area contributed by atoms with Crippen LogP contribution in [0, 0.1) is 10.5 Å². The van der Waals surface area contributed by atoms with Crippen LogP contribution in [0.15, 0.2) is 30.3 Å². The summed E-state index contributed by atoms with van der Waals surface area (Å²) < 4.78 is 1.14. The highest BCUT2D eigenvalue weighted by Gasteiger charge is 2.24. The topological polar surface area (TPSA) is 52.6 Å². The average molecular weight is 491 g/mol. The Balaban J connectivity index is 1.42. The van der Waals surface area contributed by atoms with Crippen molar-refractivity contribution in [2.24, 2.45) is 0 Å². The van der Waals surface area contributed by atoms with Gasteiger partial charge in [0.05, 0.1) is 0 Å². The highest BCUT2D eigenvalue weighted by molar-refractivity contribution is 14.1. The summed E-state index contributed by atoms with van der Waals surface area (Å²) in [6.45, 7) is 7.15. The van der Waals surface area contributed by atoms with Gasteiger partial charge in [-0.3, -0.25) is 4.79 Å². The van der Waals surface area contributed by atoms with E-state index in [2.05, 4.69) is 43.4 Å². The number of carbonyl (C=O) groups is 1. The van der Waals surface area contributed by atoms with Crippen molar-refractivity contribution >= 4 is 40.3 Å². The lowest BCUT2D eigenvalue weighted by Crippen LogP contribution is -2.49. The van der Waals surface area contributed by atoms with Crippen molar-refractivity contribution in [2.75, 3.05) is 49.1 Å². The van der Waals surface area contributed by atoms with Gasteiger partial charge >= 0.3 is 0 Å². The fourth-order valence-electron chi connectivity index (χ4n) is 3.85. The molecule has 1 amide bonds. The zero-order valence-electron chi connectivity index (χ0n) is 16.3. The summed E-state index contributed by atoms with van der Waals surface area (Å²) in [5, 5.41) is 0. The summed E-state index contributed by atoms with van der Waals surface area (Å²) in [5.74, 6) is 1.95. The fourth-order valence-corrected chi connectivity index (χ4v) is 4.21. The molecule has 3 heterocycles. The van der Waals surface area contributed by atoms with E-state index < -0.39 is 0 Å². The first-order valence-electron chi connectivity index (χ1n) is 10.0. The summed E-state index contributed by atoms with van der Waals surface area (Å²) in [7, 11) is 0. The molecule has 0 atom stereocenters. The number of amides is 1. The molecule has 148 valence electrons. The summed E-state index contributed by atoms with van der Waals surface area (Å²) in [4.78, 5) is 28.8. The lowest BCUT2D eigenvalue weighted by Gasteiger charge is -2.36. The van der Waals surface area contributed by atoms with Crippen LogP contribution in [-0.4, -0.2) is 60.0 Å². The monoisotopic (exact) mass is 491 g/mol. The van der Waals surface area contributed by atoms with Gasteiger partial charge in [-0.05, 0) is 73.0 Å². The van der Waals surface area contributed by atoms with Crippen LogP contribution in [0.5, 0.6) is 0 Å². The van der Waals surface area contributed by atoms with Gasteiger partial charge in [0.1, 0.15) is 5.82 Å². The van der Waals surface area contributed by atoms with Crippen LogP contribution in [0.1, 0.15) is 35.3 Å². The Morgan fingerprint density at radius 2 is 1.57 bits per heavy atom. The molecular formula is C21H26IN5O. The van der Waals surface area contributed by atoms with Gasteiger partial charge in [-0.1, -0.05) is 0 Å². The van der Waals surface area contributed by atoms with E-state index in [1.807, 2.05) is 36.1 Å². The minimum Gasteiger partial charge on any atom is -0.353 e. The number of aryl methyl sites for hydroxylation is 1. The first-order chi connectivity index (χ1) is 13.6. The predicted molar refractivity (Wildman–Crippen MR) is 120 cm³/mol. The third-order valence-corrected chi connectivity index (χ3v) is 6.17. The zero-order chi connectivity index (χ0) is 19.5. The number of hydrogen-bond acceptors (Lipinski definition) is 5. The molecule has 2 aromatic rings. The van der Waals surface area contributed by atoms with Gasteiger partial charge in [-0.25, -0.2) is 4.98 Å². The number of piperazine rings is 1. The second-order valence-corrected chi connectivity index (χ2v) is 8.75. The number of benzene rings is 1. The van der Waals surface area contributed by atoms with Crippen molar-refractivity contribution in [3.63, 3.8) is 0 Å². The fraction of sp³-hybridized carbons (Fsp3) is 0.476. The molecule has 0 bridgehead atoms. The van der Waals surface area contributed by atoms with E-state index in [1.165, 1.54) is 19.3 Å². The molecule has 0 aliphatic carbocycles. The minimum atomic E-state index is 0.115. The van der Waals surface area contributed by atoms with Gasteiger partial charge in [-0.15, -0.1) is 0 Å². The standard InChI is InChI=1S/C21H26IN5O/c1-16-15-19(24-21(23-16)27-9-3-2-4-10-27)25-11-13-26(14-12-25)20(28)17-5-7-18(22)8-6-17/h5-8,15H,2-4,9-14H2,1H3. The number of anilines is 2. The van der Waals surface area contributed by atoms with Crippen molar-refractivity contribution in [3.8, 4) is 0 Å². The lowest BCUT2D eigenvalue weighted by molar-refractivity contribution is 0.0746. The average Bonchev–Trinajstić information content (AvgIpc) is 2.74. The molecule has 2 aliphatic rings. The van der Waals surface area contributed by atoms with Crippen molar-refractivity contribution < 1.29 is 4.79 Å². The second-order valence-electron chi connectivity index (χ2n) is 7.50. The molecule has 1 aromatic carbocycles. The van der Waals surface area contributed by atoms with Crippen molar-refractivity contribution in [3.05, 3.63) is 45.2 Å². The molecule has 0 saturated carbocycles. The number of nitrogens with zero attached hydrogens (tertiary/aromatic N) is 5. The third kappa shape index (κ3) is 4.39. The molecule has 2 aliphatic heterocycles. The Hall–Kier alpha value is -1.90. The highest BCUT2D eigenvalue weighted by atomic mass is 127. The second kappa shape index (κ2) is 8.63. The maximum absolute atomic E-state index is 12.7. The van der Waals surface area contributed by atoms with Crippen LogP contribution in [-0.2, 0) is 0 Å². The van der Waals surface area contributed by atoms with Crippen molar-refractivity contribution in [1.82, 2.24) is 14.9 Å². The number of rotatable bonds is 3. The van der Waals surface area contributed by atoms with Crippen LogP contribution < -0.4 is 9.80 Å². The number of hydrogen-bond donors (Lipinski definition) is 0. The van der Waals surface area contributed by atoms with Gasteiger partial charge in [0.25, 0.3) is 5.91 Å². The summed E-state index contributed by atoms with van der Waals surface area (Å²) in [6, 6.07) is 9.85. The molecule has 0 unspecified atom stereocenters. The Bertz CT molecular complexity index is 827. The van der Waals surface area contributed by atoms with E-state index in [9.17, 15) is 4.79 Å². The molecular weight excluding hydrogens is 465 g/mol. The summed E-state index contributed by atoms with van der Waals surface area (Å²) >= 11 is 2.26. The highest BCUT2D eigenvalue weighted by Crippen LogP contribution is 2.22. The first kappa shape index (κ1) is 19.4. The van der Waals surface area contributed by atoms with Gasteiger partial charge in [-0.2, -0.15) is 4.98 Å². The summed E-state index contributed by atoms with van der Waals surface area (Å²) in [6.07, 6.45) is 3.73. The molecule has 2 fully saturated rings. The molecule has 0 radical (unpaired) electrons. The molecule has 1 aromatic heterocycles. The predicted octanol–water partition coefficient (Wildman–Crippen LogP) is 3.34. The van der Waals surface area contributed by atoms with Gasteiger partial charge in [0.15, 0.2) is 0 Å². The summed E-state index contributed by atoms with van der Waals surface area (Å²) in [5.41, 5.74) is 1.77. The minimum absolute atomic E-state index is 0.115. The Labute approximate surface area is 180 Å². The first-order valence-corrected chi connectivity index (χ1v) is 11.1. The van der Waals surface area contributed by atoms with Crippen LogP contribution in [0.2, 0.25) is 0 Å². The molecule has 28 heavy (non-hydrogen) atoms. The smallest absolute Gasteiger partial charge is 0.253 e.